The number of alkyl halides is 3. The number of aryl methyl sites for hydroxylation is 1. The smallest absolute Gasteiger partial charge is 0.193 e. The van der Waals surface area contributed by atoms with Crippen molar-refractivity contribution in [2.45, 2.75) is 17.3 Å². The number of hydrogen-bond acceptors (Lipinski definition) is 5. The van der Waals surface area contributed by atoms with Gasteiger partial charge in [-0.25, -0.2) is 0 Å². The molecule has 1 aromatic rings. The molecule has 0 saturated heterocycles. The maximum atomic E-state index is 12.0. The van der Waals surface area contributed by atoms with Crippen LogP contribution < -0.4 is 0 Å². The Morgan fingerprint density at radius 1 is 1.00 bits per heavy atom. The molecule has 0 aromatic heterocycles. The zero-order valence-corrected chi connectivity index (χ0v) is 10.4. The average Bonchev–Trinajstić information content (AvgIpc) is 2.14. The van der Waals surface area contributed by atoms with Gasteiger partial charge in [0.2, 0.25) is 0 Å². The predicted octanol–water partition coefficient (Wildman–Crippen LogP) is 1.55. The highest BCUT2D eigenvalue weighted by Gasteiger charge is 2.50. The molecule has 0 N–H and O–H groups in total. The van der Waals surface area contributed by atoms with E-state index in [0.717, 1.165) is 12.1 Å². The van der Waals surface area contributed by atoms with Gasteiger partial charge >= 0.3 is 25.7 Å². The molecule has 0 aliphatic rings. The molecular weight excluding hydrogens is 297 g/mol. The Balaban J connectivity index is 3.15. The van der Waals surface area contributed by atoms with Gasteiger partial charge in [-0.3, -0.25) is 0 Å². The van der Waals surface area contributed by atoms with Crippen LogP contribution in [0, 0.1) is 6.92 Å². The fraction of sp³-hybridized carbons (Fsp3) is 0.250. The highest BCUT2D eigenvalue weighted by Crippen LogP contribution is 2.28. The van der Waals surface area contributed by atoms with Gasteiger partial charge in [-0.1, -0.05) is 17.7 Å². The molecule has 102 valence electrons. The summed E-state index contributed by atoms with van der Waals surface area (Å²) in [6.45, 7) is 1.61. The third-order valence-corrected chi connectivity index (χ3v) is 4.62. The first-order valence-electron chi connectivity index (χ1n) is 4.30. The van der Waals surface area contributed by atoms with Gasteiger partial charge < -0.3 is 0 Å². The zero-order valence-electron chi connectivity index (χ0n) is 8.80. The monoisotopic (exact) mass is 304 g/mol. The Morgan fingerprint density at radius 2 is 1.44 bits per heavy atom. The molecule has 1 aromatic carbocycles. The van der Waals surface area contributed by atoms with Crippen LogP contribution in [0.15, 0.2) is 29.2 Å². The van der Waals surface area contributed by atoms with E-state index in [4.69, 9.17) is 0 Å². The molecule has 0 radical (unpaired) electrons. The van der Waals surface area contributed by atoms with Gasteiger partial charge in [-0.2, -0.15) is 30.0 Å². The summed E-state index contributed by atoms with van der Waals surface area (Å²) in [6.07, 6.45) is 0. The van der Waals surface area contributed by atoms with Crippen LogP contribution in [0.1, 0.15) is 5.56 Å². The van der Waals surface area contributed by atoms with Crippen LogP contribution in [0.25, 0.3) is 0 Å². The van der Waals surface area contributed by atoms with Crippen molar-refractivity contribution in [3.8, 4) is 0 Å². The third-order valence-electron chi connectivity index (χ3n) is 1.77. The maximum absolute atomic E-state index is 12.0. The second-order valence-electron chi connectivity index (χ2n) is 3.24. The van der Waals surface area contributed by atoms with E-state index < -0.39 is 30.6 Å². The highest BCUT2D eigenvalue weighted by molar-refractivity contribution is 8.00. The van der Waals surface area contributed by atoms with Crippen LogP contribution in [-0.2, 0) is 23.9 Å². The van der Waals surface area contributed by atoms with Crippen molar-refractivity contribution in [1.82, 2.24) is 0 Å². The van der Waals surface area contributed by atoms with Gasteiger partial charge in [-0.15, -0.1) is 3.63 Å². The number of benzene rings is 1. The topological polar surface area (TPSA) is 77.5 Å². The third kappa shape index (κ3) is 3.21. The fourth-order valence-corrected chi connectivity index (χ4v) is 2.94. The van der Waals surface area contributed by atoms with Crippen molar-refractivity contribution in [2.75, 3.05) is 0 Å². The Hall–Kier alpha value is -1.13. The lowest BCUT2D eigenvalue weighted by molar-refractivity contribution is -0.0498. The zero-order chi connectivity index (χ0) is 14.2. The largest absolute Gasteiger partial charge is 0.524 e. The predicted molar refractivity (Wildman–Crippen MR) is 54.4 cm³/mol. The van der Waals surface area contributed by atoms with E-state index in [9.17, 15) is 30.0 Å². The van der Waals surface area contributed by atoms with Gasteiger partial charge in [0.15, 0.2) is 0 Å². The first-order valence-corrected chi connectivity index (χ1v) is 7.11. The highest BCUT2D eigenvalue weighted by atomic mass is 32.3. The number of hydrogen-bond donors (Lipinski definition) is 0. The molecular formula is C8H7F3O5S2. The van der Waals surface area contributed by atoms with Crippen molar-refractivity contribution in [3.05, 3.63) is 29.8 Å². The van der Waals surface area contributed by atoms with Crippen molar-refractivity contribution >= 4 is 20.2 Å². The Kier molecular flexibility index (Phi) is 3.75. The first kappa shape index (κ1) is 14.9. The molecule has 18 heavy (non-hydrogen) atoms. The summed E-state index contributed by atoms with van der Waals surface area (Å²) in [6, 6.07) is 4.46. The van der Waals surface area contributed by atoms with Gasteiger partial charge in [0, 0.05) is 0 Å². The summed E-state index contributed by atoms with van der Waals surface area (Å²) < 4.78 is 82.9. The van der Waals surface area contributed by atoms with E-state index in [2.05, 4.69) is 3.63 Å². The quantitative estimate of drug-likeness (QED) is 0.792. The molecule has 10 heteroatoms. The normalized spacial score (nSPS) is 13.6. The average molecular weight is 304 g/mol. The summed E-state index contributed by atoms with van der Waals surface area (Å²) >= 11 is 0. The second kappa shape index (κ2) is 4.52. The molecule has 0 bridgehead atoms. The summed E-state index contributed by atoms with van der Waals surface area (Å²) in [4.78, 5) is -0.680. The van der Waals surface area contributed by atoms with Crippen molar-refractivity contribution < 1.29 is 33.6 Å². The molecule has 1 rings (SSSR count). The maximum Gasteiger partial charge on any atom is 0.524 e. The SMILES string of the molecule is Cc1ccc(S(=O)(=O)OS(=O)(=O)C(F)(F)F)cc1. The molecule has 0 atom stereocenters. The van der Waals surface area contributed by atoms with E-state index in [0.29, 0.717) is 5.56 Å². The van der Waals surface area contributed by atoms with E-state index in [1.165, 1.54) is 12.1 Å². The Morgan fingerprint density at radius 3 is 1.83 bits per heavy atom. The molecule has 0 aliphatic carbocycles. The fourth-order valence-electron chi connectivity index (χ4n) is 0.901. The summed E-state index contributed by atoms with van der Waals surface area (Å²) in [5, 5.41) is 0. The number of rotatable bonds is 3. The van der Waals surface area contributed by atoms with E-state index in [1.54, 1.807) is 6.92 Å². The summed E-state index contributed by atoms with van der Waals surface area (Å²) in [7, 11) is -11.2. The summed E-state index contributed by atoms with van der Waals surface area (Å²) in [5.41, 5.74) is -5.15. The molecule has 0 spiro atoms. The Labute approximate surface area is 101 Å². The van der Waals surface area contributed by atoms with Gasteiger partial charge in [-0.05, 0) is 19.1 Å². The molecule has 0 heterocycles. The van der Waals surface area contributed by atoms with Crippen molar-refractivity contribution in [1.29, 1.82) is 0 Å². The van der Waals surface area contributed by atoms with Crippen molar-refractivity contribution in [3.63, 3.8) is 0 Å². The molecule has 0 unspecified atom stereocenters. The minimum atomic E-state index is -6.20. The lowest BCUT2D eigenvalue weighted by Gasteiger charge is -2.08. The number of halogens is 3. The van der Waals surface area contributed by atoms with Crippen LogP contribution in [0.3, 0.4) is 0 Å². The second-order valence-corrected chi connectivity index (χ2v) is 6.53. The van der Waals surface area contributed by atoms with Gasteiger partial charge in [0.25, 0.3) is 0 Å². The Bertz CT molecular complexity index is 628. The first-order chi connectivity index (χ1) is 7.96. The summed E-state index contributed by atoms with van der Waals surface area (Å²) in [5.74, 6) is 0. The minimum absolute atomic E-state index is 0.646. The minimum Gasteiger partial charge on any atom is -0.193 e. The molecule has 0 saturated carbocycles. The lowest BCUT2D eigenvalue weighted by Crippen LogP contribution is -2.28. The van der Waals surface area contributed by atoms with Gasteiger partial charge in [0.05, 0.1) is 4.90 Å². The molecule has 5 nitrogen and oxygen atoms in total. The molecule has 0 fully saturated rings. The van der Waals surface area contributed by atoms with Crippen LogP contribution in [-0.4, -0.2) is 22.3 Å². The van der Waals surface area contributed by atoms with Crippen LogP contribution in [0.5, 0.6) is 0 Å². The van der Waals surface area contributed by atoms with E-state index in [1.807, 2.05) is 0 Å². The van der Waals surface area contributed by atoms with Crippen LogP contribution >= 0.6 is 0 Å². The van der Waals surface area contributed by atoms with Crippen LogP contribution in [0.4, 0.5) is 13.2 Å². The van der Waals surface area contributed by atoms with E-state index in [-0.39, 0.29) is 0 Å². The van der Waals surface area contributed by atoms with Crippen molar-refractivity contribution in [2.24, 2.45) is 0 Å². The van der Waals surface area contributed by atoms with E-state index >= 15 is 0 Å². The van der Waals surface area contributed by atoms with Gasteiger partial charge in [0.1, 0.15) is 0 Å². The lowest BCUT2D eigenvalue weighted by atomic mass is 10.2. The molecule has 0 amide bonds. The van der Waals surface area contributed by atoms with Crippen LogP contribution in [0.2, 0.25) is 0 Å². The standard InChI is InChI=1S/C8H7F3O5S2/c1-6-2-4-7(5-3-6)17(12,13)16-18(14,15)8(9,10)11/h2-5H,1H3. The molecule has 0 aliphatic heterocycles.